The molecule has 102 valence electrons. The van der Waals surface area contributed by atoms with Crippen LogP contribution in [0.3, 0.4) is 0 Å². The van der Waals surface area contributed by atoms with E-state index in [0.717, 1.165) is 35.4 Å². The topological polar surface area (TPSA) is 56.7 Å². The molecule has 3 rings (SSSR count). The van der Waals surface area contributed by atoms with Crippen molar-refractivity contribution >= 4 is 16.7 Å². The predicted molar refractivity (Wildman–Crippen MR) is 77.6 cm³/mol. The second kappa shape index (κ2) is 4.92. The van der Waals surface area contributed by atoms with Crippen LogP contribution in [0.1, 0.15) is 13.3 Å². The number of halogens is 1. The van der Waals surface area contributed by atoms with Crippen LogP contribution in [-0.2, 0) is 6.54 Å². The Kier molecular flexibility index (Phi) is 3.10. The van der Waals surface area contributed by atoms with E-state index in [2.05, 4.69) is 16.9 Å². The second-order valence-corrected chi connectivity index (χ2v) is 4.73. The average molecular weight is 270 g/mol. The van der Waals surface area contributed by atoms with E-state index in [1.54, 1.807) is 18.5 Å². The zero-order chi connectivity index (χ0) is 14.1. The number of imidazole rings is 1. The van der Waals surface area contributed by atoms with Gasteiger partial charge in [-0.05, 0) is 30.7 Å². The highest BCUT2D eigenvalue weighted by atomic mass is 19.1. The summed E-state index contributed by atoms with van der Waals surface area (Å²) in [6.07, 6.45) is 4.25. The van der Waals surface area contributed by atoms with Crippen LogP contribution < -0.4 is 5.73 Å². The summed E-state index contributed by atoms with van der Waals surface area (Å²) < 4.78 is 15.5. The molecule has 0 radical (unpaired) electrons. The van der Waals surface area contributed by atoms with Gasteiger partial charge in [0.25, 0.3) is 0 Å². The average Bonchev–Trinajstić information content (AvgIpc) is 2.78. The van der Waals surface area contributed by atoms with Gasteiger partial charge in [-0.1, -0.05) is 6.92 Å². The lowest BCUT2D eigenvalue weighted by atomic mass is 10.2. The van der Waals surface area contributed by atoms with Crippen LogP contribution in [0, 0.1) is 5.82 Å². The number of hydrogen-bond acceptors (Lipinski definition) is 3. The maximum atomic E-state index is 13.5. The van der Waals surface area contributed by atoms with Crippen molar-refractivity contribution < 1.29 is 4.39 Å². The number of hydrogen-bond donors (Lipinski definition) is 1. The van der Waals surface area contributed by atoms with Gasteiger partial charge in [-0.25, -0.2) is 9.37 Å². The molecule has 0 saturated heterocycles. The summed E-state index contributed by atoms with van der Waals surface area (Å²) in [5, 5.41) is 0. The second-order valence-electron chi connectivity index (χ2n) is 4.73. The number of nitrogen functional groups attached to an aromatic ring is 1. The highest BCUT2D eigenvalue weighted by Crippen LogP contribution is 2.26. The lowest BCUT2D eigenvalue weighted by Gasteiger charge is -2.08. The third-order valence-electron chi connectivity index (χ3n) is 3.18. The van der Waals surface area contributed by atoms with Gasteiger partial charge in [0.05, 0.1) is 16.7 Å². The molecule has 0 amide bonds. The standard InChI is InChI=1S/C15H15FN4/c1-2-5-20-14-7-11(16)3-4-13(14)19-15(20)10-6-12(17)9-18-8-10/h3-4,6-9H,2,5,17H2,1H3. The fourth-order valence-corrected chi connectivity index (χ4v) is 2.35. The van der Waals surface area contributed by atoms with Crippen molar-refractivity contribution in [2.45, 2.75) is 19.9 Å². The molecule has 0 bridgehead atoms. The lowest BCUT2D eigenvalue weighted by Crippen LogP contribution is -2.00. The molecule has 2 aromatic heterocycles. The Labute approximate surface area is 116 Å². The van der Waals surface area contributed by atoms with E-state index in [1.807, 2.05) is 10.6 Å². The Hall–Kier alpha value is -2.43. The van der Waals surface area contributed by atoms with Crippen molar-refractivity contribution in [3.8, 4) is 11.4 Å². The first-order valence-electron chi connectivity index (χ1n) is 6.55. The zero-order valence-electron chi connectivity index (χ0n) is 11.2. The maximum absolute atomic E-state index is 13.5. The van der Waals surface area contributed by atoms with Gasteiger partial charge in [0.2, 0.25) is 0 Å². The van der Waals surface area contributed by atoms with E-state index in [-0.39, 0.29) is 5.82 Å². The highest BCUT2D eigenvalue weighted by Gasteiger charge is 2.13. The number of benzene rings is 1. The van der Waals surface area contributed by atoms with E-state index < -0.39 is 0 Å². The monoisotopic (exact) mass is 270 g/mol. The van der Waals surface area contributed by atoms with E-state index in [0.29, 0.717) is 5.69 Å². The van der Waals surface area contributed by atoms with Gasteiger partial charge in [0.15, 0.2) is 0 Å². The summed E-state index contributed by atoms with van der Waals surface area (Å²) in [6, 6.07) is 6.46. The van der Waals surface area contributed by atoms with Crippen molar-refractivity contribution in [3.63, 3.8) is 0 Å². The molecule has 0 unspecified atom stereocenters. The first-order chi connectivity index (χ1) is 9.69. The summed E-state index contributed by atoms with van der Waals surface area (Å²) in [5.74, 6) is 0.513. The van der Waals surface area contributed by atoms with Gasteiger partial charge in [0, 0.05) is 24.5 Å². The minimum Gasteiger partial charge on any atom is -0.397 e. The van der Waals surface area contributed by atoms with E-state index in [1.165, 1.54) is 12.1 Å². The Balaban J connectivity index is 2.26. The lowest BCUT2D eigenvalue weighted by molar-refractivity contribution is 0.627. The Bertz CT molecular complexity index is 764. The largest absolute Gasteiger partial charge is 0.397 e. The first kappa shape index (κ1) is 12.6. The molecule has 0 saturated carbocycles. The minimum absolute atomic E-state index is 0.257. The molecule has 4 nitrogen and oxygen atoms in total. The van der Waals surface area contributed by atoms with Crippen molar-refractivity contribution in [3.05, 3.63) is 42.5 Å². The maximum Gasteiger partial charge on any atom is 0.142 e. The normalized spacial score (nSPS) is 11.1. The van der Waals surface area contributed by atoms with Crippen LogP contribution in [0.15, 0.2) is 36.7 Å². The zero-order valence-corrected chi connectivity index (χ0v) is 11.2. The third-order valence-corrected chi connectivity index (χ3v) is 3.18. The van der Waals surface area contributed by atoms with Gasteiger partial charge in [0.1, 0.15) is 11.6 Å². The fraction of sp³-hybridized carbons (Fsp3) is 0.200. The van der Waals surface area contributed by atoms with Crippen LogP contribution in [0.4, 0.5) is 10.1 Å². The predicted octanol–water partition coefficient (Wildman–Crippen LogP) is 3.23. The molecule has 0 aliphatic heterocycles. The summed E-state index contributed by atoms with van der Waals surface area (Å²) in [6.45, 7) is 2.84. The molecule has 5 heteroatoms. The van der Waals surface area contributed by atoms with Gasteiger partial charge < -0.3 is 10.3 Å². The van der Waals surface area contributed by atoms with Crippen LogP contribution in [0.25, 0.3) is 22.4 Å². The molecule has 20 heavy (non-hydrogen) atoms. The number of rotatable bonds is 3. The molecule has 3 aromatic rings. The quantitative estimate of drug-likeness (QED) is 0.795. The molecule has 2 heterocycles. The summed E-state index contributed by atoms with van der Waals surface area (Å²) in [4.78, 5) is 8.68. The van der Waals surface area contributed by atoms with Crippen molar-refractivity contribution in [2.75, 3.05) is 5.73 Å². The summed E-state index contributed by atoms with van der Waals surface area (Å²) >= 11 is 0. The third kappa shape index (κ3) is 2.11. The number of pyridine rings is 1. The van der Waals surface area contributed by atoms with E-state index >= 15 is 0 Å². The van der Waals surface area contributed by atoms with E-state index in [9.17, 15) is 4.39 Å². The molecule has 1 aromatic carbocycles. The Morgan fingerprint density at radius 2 is 2.10 bits per heavy atom. The van der Waals surface area contributed by atoms with Gasteiger partial charge in [-0.2, -0.15) is 0 Å². The SMILES string of the molecule is CCCn1c(-c2cncc(N)c2)nc2ccc(F)cc21. The molecule has 0 fully saturated rings. The molecular formula is C15H15FN4. The summed E-state index contributed by atoms with van der Waals surface area (Å²) in [5.41, 5.74) is 8.78. The van der Waals surface area contributed by atoms with Crippen molar-refractivity contribution in [2.24, 2.45) is 0 Å². The Morgan fingerprint density at radius 3 is 2.85 bits per heavy atom. The number of nitrogens with zero attached hydrogens (tertiary/aromatic N) is 3. The molecule has 0 atom stereocenters. The molecular weight excluding hydrogens is 255 g/mol. The highest BCUT2D eigenvalue weighted by molar-refractivity contribution is 5.81. The van der Waals surface area contributed by atoms with Gasteiger partial charge in [-0.15, -0.1) is 0 Å². The van der Waals surface area contributed by atoms with Crippen LogP contribution in [0.2, 0.25) is 0 Å². The number of aryl methyl sites for hydroxylation is 1. The molecule has 0 spiro atoms. The first-order valence-corrected chi connectivity index (χ1v) is 6.55. The number of anilines is 1. The minimum atomic E-state index is -0.257. The molecule has 0 aliphatic rings. The molecule has 0 aliphatic carbocycles. The van der Waals surface area contributed by atoms with Crippen LogP contribution in [-0.4, -0.2) is 14.5 Å². The Morgan fingerprint density at radius 1 is 1.25 bits per heavy atom. The van der Waals surface area contributed by atoms with E-state index in [4.69, 9.17) is 5.73 Å². The van der Waals surface area contributed by atoms with Crippen molar-refractivity contribution in [1.29, 1.82) is 0 Å². The van der Waals surface area contributed by atoms with Crippen LogP contribution >= 0.6 is 0 Å². The smallest absolute Gasteiger partial charge is 0.142 e. The fourth-order valence-electron chi connectivity index (χ4n) is 2.35. The van der Waals surface area contributed by atoms with Gasteiger partial charge >= 0.3 is 0 Å². The number of aromatic nitrogens is 3. The number of fused-ring (bicyclic) bond motifs is 1. The number of nitrogens with two attached hydrogens (primary N) is 1. The molecule has 2 N–H and O–H groups in total. The van der Waals surface area contributed by atoms with Crippen LogP contribution in [0.5, 0.6) is 0 Å². The van der Waals surface area contributed by atoms with Gasteiger partial charge in [-0.3, -0.25) is 4.98 Å². The summed E-state index contributed by atoms with van der Waals surface area (Å²) in [7, 11) is 0. The van der Waals surface area contributed by atoms with Crippen molar-refractivity contribution in [1.82, 2.24) is 14.5 Å².